The maximum atomic E-state index is 4.65. The second-order valence-electron chi connectivity index (χ2n) is 5.12. The van der Waals surface area contributed by atoms with Gasteiger partial charge in [-0.15, -0.1) is 0 Å². The fourth-order valence-electron chi connectivity index (χ4n) is 3.08. The quantitative estimate of drug-likeness (QED) is 0.425. The topological polar surface area (TPSA) is 44.5 Å². The van der Waals surface area contributed by atoms with E-state index < -0.39 is 0 Å². The van der Waals surface area contributed by atoms with E-state index in [2.05, 4.69) is 51.4 Å². The number of benzene rings is 2. The number of fused-ring (bicyclic) bond motifs is 7. The number of aromatic amines is 2. The van der Waals surface area contributed by atoms with E-state index >= 15 is 0 Å². The van der Waals surface area contributed by atoms with Crippen molar-refractivity contribution < 1.29 is 0 Å². The zero-order chi connectivity index (χ0) is 13.1. The van der Waals surface area contributed by atoms with E-state index in [1.165, 1.54) is 16.2 Å². The molecule has 20 heavy (non-hydrogen) atoms. The summed E-state index contributed by atoms with van der Waals surface area (Å²) in [6.07, 6.45) is 3.92. The minimum Gasteiger partial charge on any atom is -0.361 e. The van der Waals surface area contributed by atoms with Gasteiger partial charge in [-0.1, -0.05) is 24.3 Å². The number of aromatic nitrogens is 3. The molecular formula is C17H11N3. The lowest BCUT2D eigenvalue weighted by Crippen LogP contribution is -1.78. The van der Waals surface area contributed by atoms with Gasteiger partial charge in [0.15, 0.2) is 0 Å². The van der Waals surface area contributed by atoms with Gasteiger partial charge >= 0.3 is 0 Å². The van der Waals surface area contributed by atoms with Crippen LogP contribution in [0.3, 0.4) is 0 Å². The molecule has 0 amide bonds. The molecule has 0 radical (unpaired) electrons. The Morgan fingerprint density at radius 2 is 1.75 bits per heavy atom. The van der Waals surface area contributed by atoms with E-state index in [1.54, 1.807) is 0 Å². The maximum Gasteiger partial charge on any atom is 0.0964 e. The third kappa shape index (κ3) is 1.12. The van der Waals surface area contributed by atoms with E-state index in [1.807, 2.05) is 18.5 Å². The lowest BCUT2D eigenvalue weighted by Gasteiger charge is -1.97. The molecule has 0 aliphatic carbocycles. The first-order valence-electron chi connectivity index (χ1n) is 6.67. The fraction of sp³-hybridized carbons (Fsp3) is 0. The monoisotopic (exact) mass is 257 g/mol. The van der Waals surface area contributed by atoms with Gasteiger partial charge in [-0.2, -0.15) is 0 Å². The molecule has 0 fully saturated rings. The molecule has 0 unspecified atom stereocenters. The highest BCUT2D eigenvalue weighted by Crippen LogP contribution is 2.32. The van der Waals surface area contributed by atoms with Crippen molar-refractivity contribution in [3.8, 4) is 0 Å². The third-order valence-electron chi connectivity index (χ3n) is 4.04. The summed E-state index contributed by atoms with van der Waals surface area (Å²) < 4.78 is 0. The first kappa shape index (κ1) is 10.0. The van der Waals surface area contributed by atoms with Crippen molar-refractivity contribution in [3.63, 3.8) is 0 Å². The number of nitrogens with one attached hydrogen (secondary N) is 2. The zero-order valence-electron chi connectivity index (χ0n) is 10.6. The molecule has 2 N–H and O–H groups in total. The predicted molar refractivity (Wildman–Crippen MR) is 83.0 cm³/mol. The molecule has 3 aromatic heterocycles. The summed E-state index contributed by atoms with van der Waals surface area (Å²) >= 11 is 0. The number of H-pyrrole nitrogens is 2. The minimum absolute atomic E-state index is 1.04. The predicted octanol–water partition coefficient (Wildman–Crippen LogP) is 4.35. The van der Waals surface area contributed by atoms with Crippen LogP contribution in [0, 0.1) is 0 Å². The molecular weight excluding hydrogens is 246 g/mol. The highest BCUT2D eigenvalue weighted by molar-refractivity contribution is 6.20. The summed E-state index contributed by atoms with van der Waals surface area (Å²) in [4.78, 5) is 11.5. The number of rotatable bonds is 0. The van der Waals surface area contributed by atoms with Crippen LogP contribution in [0.5, 0.6) is 0 Å². The first-order valence-corrected chi connectivity index (χ1v) is 6.67. The van der Waals surface area contributed by atoms with Crippen LogP contribution in [0.2, 0.25) is 0 Å². The lowest BCUT2D eigenvalue weighted by molar-refractivity contribution is 1.45. The fourth-order valence-corrected chi connectivity index (χ4v) is 3.08. The Hall–Kier alpha value is -2.81. The van der Waals surface area contributed by atoms with Gasteiger partial charge in [0.25, 0.3) is 0 Å². The van der Waals surface area contributed by atoms with Gasteiger partial charge in [0.1, 0.15) is 0 Å². The van der Waals surface area contributed by atoms with Crippen LogP contribution < -0.4 is 0 Å². The van der Waals surface area contributed by atoms with Gasteiger partial charge in [0.05, 0.1) is 16.6 Å². The molecule has 3 heterocycles. The van der Waals surface area contributed by atoms with Gasteiger partial charge in [-0.05, 0) is 18.2 Å². The second kappa shape index (κ2) is 3.39. The van der Waals surface area contributed by atoms with Crippen LogP contribution in [0.1, 0.15) is 0 Å². The van der Waals surface area contributed by atoms with Crippen molar-refractivity contribution in [3.05, 3.63) is 54.9 Å². The average molecular weight is 257 g/mol. The average Bonchev–Trinajstić information content (AvgIpc) is 3.10. The molecule has 0 bridgehead atoms. The Balaban J connectivity index is 2.12. The Morgan fingerprint density at radius 3 is 2.75 bits per heavy atom. The molecule has 5 rings (SSSR count). The van der Waals surface area contributed by atoms with E-state index in [-0.39, 0.29) is 0 Å². The van der Waals surface area contributed by atoms with E-state index in [4.69, 9.17) is 0 Å². The molecule has 0 aliphatic heterocycles. The summed E-state index contributed by atoms with van der Waals surface area (Å²) in [7, 11) is 0. The lowest BCUT2D eigenvalue weighted by atomic mass is 10.1. The van der Waals surface area contributed by atoms with Crippen molar-refractivity contribution in [2.75, 3.05) is 0 Å². The van der Waals surface area contributed by atoms with Crippen LogP contribution in [0.4, 0.5) is 0 Å². The van der Waals surface area contributed by atoms with Crippen molar-refractivity contribution in [2.24, 2.45) is 0 Å². The van der Waals surface area contributed by atoms with Crippen molar-refractivity contribution in [2.45, 2.75) is 0 Å². The molecule has 3 heteroatoms. The van der Waals surface area contributed by atoms with Gasteiger partial charge < -0.3 is 9.97 Å². The van der Waals surface area contributed by atoms with Gasteiger partial charge in [-0.3, -0.25) is 4.98 Å². The van der Waals surface area contributed by atoms with Crippen LogP contribution in [0.25, 0.3) is 43.6 Å². The van der Waals surface area contributed by atoms with Crippen molar-refractivity contribution in [1.29, 1.82) is 0 Å². The van der Waals surface area contributed by atoms with Crippen molar-refractivity contribution >= 4 is 43.6 Å². The molecule has 0 saturated heterocycles. The van der Waals surface area contributed by atoms with E-state index in [9.17, 15) is 0 Å². The molecule has 2 aromatic carbocycles. The van der Waals surface area contributed by atoms with Gasteiger partial charge in [0.2, 0.25) is 0 Å². The Morgan fingerprint density at radius 1 is 0.800 bits per heavy atom. The highest BCUT2D eigenvalue weighted by atomic mass is 14.8. The van der Waals surface area contributed by atoms with Gasteiger partial charge in [0, 0.05) is 39.5 Å². The summed E-state index contributed by atoms with van der Waals surface area (Å²) in [6.45, 7) is 0. The summed E-state index contributed by atoms with van der Waals surface area (Å²) in [5.74, 6) is 0. The third-order valence-corrected chi connectivity index (χ3v) is 4.04. The first-order chi connectivity index (χ1) is 9.92. The van der Waals surface area contributed by atoms with E-state index in [0.717, 1.165) is 27.5 Å². The van der Waals surface area contributed by atoms with Crippen LogP contribution in [-0.2, 0) is 0 Å². The highest BCUT2D eigenvalue weighted by Gasteiger charge is 2.11. The Kier molecular flexibility index (Phi) is 1.70. The number of hydrogen-bond donors (Lipinski definition) is 2. The Labute approximate surface area is 114 Å². The van der Waals surface area contributed by atoms with Gasteiger partial charge in [-0.25, -0.2) is 0 Å². The number of nitrogens with zero attached hydrogens (tertiary/aromatic N) is 1. The molecule has 94 valence electrons. The standard InChI is InChI=1S/C17H11N3/c1-2-4-11-10(3-1)9-19-16-13-5-6-14-12(7-8-18-14)15(13)20-17(11)16/h1-9,18,20H. The van der Waals surface area contributed by atoms with Crippen LogP contribution in [0.15, 0.2) is 54.9 Å². The van der Waals surface area contributed by atoms with Crippen molar-refractivity contribution in [1.82, 2.24) is 15.0 Å². The molecule has 3 nitrogen and oxygen atoms in total. The number of pyridine rings is 1. The molecule has 0 aliphatic rings. The largest absolute Gasteiger partial charge is 0.361 e. The van der Waals surface area contributed by atoms with E-state index in [0.29, 0.717) is 0 Å². The zero-order valence-corrected chi connectivity index (χ0v) is 10.6. The van der Waals surface area contributed by atoms with Crippen LogP contribution >= 0.6 is 0 Å². The minimum atomic E-state index is 1.04. The maximum absolute atomic E-state index is 4.65. The number of hydrogen-bond acceptors (Lipinski definition) is 1. The molecule has 0 saturated carbocycles. The molecule has 5 aromatic rings. The summed E-state index contributed by atoms with van der Waals surface area (Å²) in [5.41, 5.74) is 4.46. The van der Waals surface area contributed by atoms with Crippen LogP contribution in [-0.4, -0.2) is 15.0 Å². The Bertz CT molecular complexity index is 1100. The SMILES string of the molecule is c1ccc2c(c1)cnc1c3ccc4[nH]ccc4c3[nH]c21. The second-order valence-corrected chi connectivity index (χ2v) is 5.12. The molecule has 0 atom stereocenters. The smallest absolute Gasteiger partial charge is 0.0964 e. The molecule has 0 spiro atoms. The summed E-state index contributed by atoms with van der Waals surface area (Å²) in [6, 6.07) is 14.7. The summed E-state index contributed by atoms with van der Waals surface area (Å²) in [5, 5.41) is 4.77. The normalized spacial score (nSPS) is 12.0.